The first kappa shape index (κ1) is 18.1. The summed E-state index contributed by atoms with van der Waals surface area (Å²) in [5.74, 6) is -0.338. The highest BCUT2D eigenvalue weighted by Crippen LogP contribution is 2.34. The molecule has 0 aromatic heterocycles. The molecule has 2 amide bonds. The summed E-state index contributed by atoms with van der Waals surface area (Å²) in [7, 11) is 0. The highest BCUT2D eigenvalue weighted by Gasteiger charge is 2.36. The Morgan fingerprint density at radius 3 is 2.62 bits per heavy atom. The minimum Gasteiger partial charge on any atom is -0.481 e. The van der Waals surface area contributed by atoms with E-state index in [0.717, 1.165) is 11.8 Å². The third kappa shape index (κ3) is 4.17. The molecule has 1 heterocycles. The number of hydrogen-bond acceptors (Lipinski definition) is 6. The number of carbonyl (C=O) groups excluding carboxylic acids is 3. The van der Waals surface area contributed by atoms with Crippen molar-refractivity contribution in [1.29, 1.82) is 0 Å². The molecule has 24 heavy (non-hydrogen) atoms. The molecule has 0 spiro atoms. The number of imide groups is 1. The Bertz CT molecular complexity index is 683. The maximum absolute atomic E-state index is 12.3. The number of amides is 2. The van der Waals surface area contributed by atoms with Crippen molar-refractivity contribution in [3.8, 4) is 5.75 Å². The molecule has 7 heteroatoms. The van der Waals surface area contributed by atoms with Gasteiger partial charge in [-0.3, -0.25) is 14.5 Å². The van der Waals surface area contributed by atoms with Crippen molar-refractivity contribution in [2.24, 2.45) is 0 Å². The number of hydrogen-bond donors (Lipinski definition) is 0. The van der Waals surface area contributed by atoms with E-state index in [0.29, 0.717) is 16.2 Å². The Kier molecular flexibility index (Phi) is 6.03. The number of carbonyl (C=O) groups is 3. The zero-order valence-corrected chi connectivity index (χ0v) is 14.6. The minimum absolute atomic E-state index is 0.196. The molecule has 0 unspecified atom stereocenters. The molecule has 0 bridgehead atoms. The second kappa shape index (κ2) is 8.01. The summed E-state index contributed by atoms with van der Waals surface area (Å²) in [5, 5.41) is -0.286. The van der Waals surface area contributed by atoms with Gasteiger partial charge in [-0.25, -0.2) is 4.79 Å². The van der Waals surface area contributed by atoms with Crippen LogP contribution in [0.3, 0.4) is 0 Å². The number of esters is 1. The molecule has 1 aromatic rings. The van der Waals surface area contributed by atoms with Crippen molar-refractivity contribution < 1.29 is 23.9 Å². The normalized spacial score (nSPS) is 16.2. The summed E-state index contributed by atoms with van der Waals surface area (Å²) in [6.45, 7) is 5.36. The van der Waals surface area contributed by atoms with Crippen molar-refractivity contribution >= 4 is 35.0 Å². The van der Waals surface area contributed by atoms with E-state index in [1.165, 1.54) is 4.90 Å². The lowest BCUT2D eigenvalue weighted by molar-refractivity contribution is -0.145. The topological polar surface area (TPSA) is 72.9 Å². The van der Waals surface area contributed by atoms with E-state index in [-0.39, 0.29) is 30.4 Å². The number of benzene rings is 1. The number of nitrogens with zero attached hydrogens (tertiary/aromatic N) is 1. The molecule has 1 aromatic carbocycles. The van der Waals surface area contributed by atoms with Crippen LogP contribution in [0, 0.1) is 0 Å². The van der Waals surface area contributed by atoms with Crippen molar-refractivity contribution in [1.82, 2.24) is 4.90 Å². The summed E-state index contributed by atoms with van der Waals surface area (Å²) < 4.78 is 10.3. The molecule has 6 nitrogen and oxygen atoms in total. The molecular weight excluding hydrogens is 330 g/mol. The zero-order chi connectivity index (χ0) is 17.7. The number of rotatable bonds is 6. The fourth-order valence-corrected chi connectivity index (χ4v) is 3.09. The van der Waals surface area contributed by atoms with E-state index in [9.17, 15) is 14.4 Å². The monoisotopic (exact) mass is 349 g/mol. The van der Waals surface area contributed by atoms with E-state index in [1.807, 2.05) is 0 Å². The minimum atomic E-state index is -0.465. The van der Waals surface area contributed by atoms with Gasteiger partial charge in [-0.15, -0.1) is 0 Å². The first-order chi connectivity index (χ1) is 11.4. The van der Waals surface area contributed by atoms with Crippen LogP contribution >= 0.6 is 11.8 Å². The van der Waals surface area contributed by atoms with E-state index in [2.05, 4.69) is 0 Å². The van der Waals surface area contributed by atoms with Crippen LogP contribution in [0.4, 0.5) is 4.79 Å². The maximum Gasteiger partial charge on any atom is 0.344 e. The van der Waals surface area contributed by atoms with Gasteiger partial charge in [0.1, 0.15) is 5.75 Å². The summed E-state index contributed by atoms with van der Waals surface area (Å²) in [5.41, 5.74) is 0.621. The second-order valence-corrected chi connectivity index (χ2v) is 6.27. The smallest absolute Gasteiger partial charge is 0.344 e. The van der Waals surface area contributed by atoms with Gasteiger partial charge in [0.15, 0.2) is 6.61 Å². The SMILES string of the molecule is CCOC(=O)COc1ccccc1/C=C1\SC(=O)N(C(C)C)C1=O. The van der Waals surface area contributed by atoms with Crippen LogP contribution < -0.4 is 4.74 Å². The standard InChI is InChI=1S/C17H19NO5S/c1-4-22-15(19)10-23-13-8-6-5-7-12(13)9-14-16(20)18(11(2)3)17(21)24-14/h5-9,11H,4,10H2,1-3H3/b14-9-. The van der Waals surface area contributed by atoms with Crippen LogP contribution in [0.1, 0.15) is 26.3 Å². The molecular formula is C17H19NO5S. The van der Waals surface area contributed by atoms with Gasteiger partial charge in [0, 0.05) is 11.6 Å². The van der Waals surface area contributed by atoms with Gasteiger partial charge < -0.3 is 9.47 Å². The summed E-state index contributed by atoms with van der Waals surface area (Å²) >= 11 is 0.898. The lowest BCUT2D eigenvalue weighted by Gasteiger charge is -2.16. The molecule has 0 aliphatic carbocycles. The molecule has 0 saturated carbocycles. The van der Waals surface area contributed by atoms with Crippen LogP contribution in [-0.4, -0.2) is 41.3 Å². The molecule has 0 atom stereocenters. The highest BCUT2D eigenvalue weighted by atomic mass is 32.2. The third-order valence-corrected chi connectivity index (χ3v) is 4.08. The van der Waals surface area contributed by atoms with Crippen molar-refractivity contribution in [2.75, 3.05) is 13.2 Å². The Labute approximate surface area is 144 Å². The molecule has 1 aliphatic rings. The predicted molar refractivity (Wildman–Crippen MR) is 91.5 cm³/mol. The molecule has 1 fully saturated rings. The summed E-state index contributed by atoms with van der Waals surface area (Å²) in [4.78, 5) is 37.2. The van der Waals surface area contributed by atoms with E-state index in [4.69, 9.17) is 9.47 Å². The molecule has 1 aliphatic heterocycles. The van der Waals surface area contributed by atoms with Crippen molar-refractivity contribution in [2.45, 2.75) is 26.8 Å². The van der Waals surface area contributed by atoms with E-state index >= 15 is 0 Å². The van der Waals surface area contributed by atoms with Crippen LogP contribution in [0.2, 0.25) is 0 Å². The largest absolute Gasteiger partial charge is 0.481 e. The Morgan fingerprint density at radius 1 is 1.29 bits per heavy atom. The zero-order valence-electron chi connectivity index (χ0n) is 13.8. The van der Waals surface area contributed by atoms with Crippen molar-refractivity contribution in [3.05, 3.63) is 34.7 Å². The predicted octanol–water partition coefficient (Wildman–Crippen LogP) is 3.07. The Balaban J connectivity index is 2.20. The lowest BCUT2D eigenvalue weighted by Crippen LogP contribution is -2.34. The van der Waals surface area contributed by atoms with Crippen LogP contribution in [0.5, 0.6) is 5.75 Å². The molecule has 2 rings (SSSR count). The molecule has 128 valence electrons. The second-order valence-electron chi connectivity index (χ2n) is 5.28. The Morgan fingerprint density at radius 2 is 2.00 bits per heavy atom. The van der Waals surface area contributed by atoms with Gasteiger partial charge in [-0.2, -0.15) is 0 Å². The van der Waals surface area contributed by atoms with Gasteiger partial charge in [0.05, 0.1) is 11.5 Å². The Hall–Kier alpha value is -2.28. The average Bonchev–Trinajstić information content (AvgIpc) is 2.81. The van der Waals surface area contributed by atoms with Crippen LogP contribution in [0.15, 0.2) is 29.2 Å². The first-order valence-electron chi connectivity index (χ1n) is 7.58. The van der Waals surface area contributed by atoms with E-state index < -0.39 is 5.97 Å². The fourth-order valence-electron chi connectivity index (χ4n) is 2.14. The number of para-hydroxylation sites is 1. The van der Waals surface area contributed by atoms with Gasteiger partial charge in [0.2, 0.25) is 0 Å². The van der Waals surface area contributed by atoms with Crippen LogP contribution in [0.25, 0.3) is 6.08 Å². The molecule has 1 saturated heterocycles. The van der Waals surface area contributed by atoms with E-state index in [1.54, 1.807) is 51.1 Å². The van der Waals surface area contributed by atoms with Crippen molar-refractivity contribution in [3.63, 3.8) is 0 Å². The average molecular weight is 349 g/mol. The maximum atomic E-state index is 12.3. The van der Waals surface area contributed by atoms with Crippen LogP contribution in [-0.2, 0) is 14.3 Å². The third-order valence-electron chi connectivity index (χ3n) is 3.20. The summed E-state index contributed by atoms with van der Waals surface area (Å²) in [6, 6.07) is 6.80. The lowest BCUT2D eigenvalue weighted by atomic mass is 10.2. The van der Waals surface area contributed by atoms with Gasteiger partial charge in [0.25, 0.3) is 11.1 Å². The number of thioether (sulfide) groups is 1. The summed E-state index contributed by atoms with van der Waals surface area (Å²) in [6.07, 6.45) is 1.60. The van der Waals surface area contributed by atoms with Gasteiger partial charge in [-0.1, -0.05) is 18.2 Å². The van der Waals surface area contributed by atoms with Gasteiger partial charge >= 0.3 is 5.97 Å². The quantitative estimate of drug-likeness (QED) is 0.580. The molecule has 0 radical (unpaired) electrons. The molecule has 0 N–H and O–H groups in total. The highest BCUT2D eigenvalue weighted by molar-refractivity contribution is 8.18. The van der Waals surface area contributed by atoms with Gasteiger partial charge in [-0.05, 0) is 44.7 Å². The fraction of sp³-hybridized carbons (Fsp3) is 0.353. The number of ether oxygens (including phenoxy) is 2. The first-order valence-corrected chi connectivity index (χ1v) is 8.40.